The first-order chi connectivity index (χ1) is 13.7. The van der Waals surface area contributed by atoms with Crippen molar-refractivity contribution in [1.29, 1.82) is 0 Å². The maximum atomic E-state index is 13.9. The van der Waals surface area contributed by atoms with Gasteiger partial charge in [0.25, 0.3) is 0 Å². The Morgan fingerprint density at radius 1 is 1.21 bits per heavy atom. The van der Waals surface area contributed by atoms with Crippen LogP contribution in [0.5, 0.6) is 11.5 Å². The minimum atomic E-state index is -0.507. The van der Waals surface area contributed by atoms with Crippen LogP contribution in [0.25, 0.3) is 0 Å². The quantitative estimate of drug-likeness (QED) is 0.584. The molecule has 4 nitrogen and oxygen atoms in total. The fourth-order valence-corrected chi connectivity index (χ4v) is 4.55. The van der Waals surface area contributed by atoms with Crippen molar-refractivity contribution in [2.45, 2.75) is 25.6 Å². The predicted octanol–water partition coefficient (Wildman–Crippen LogP) is 5.53. The molecule has 0 amide bonds. The number of hydrogen-bond acceptors (Lipinski definition) is 5. The highest BCUT2D eigenvalue weighted by molar-refractivity contribution is 7.12. The molecule has 142 valence electrons. The Labute approximate surface area is 166 Å². The Kier molecular flexibility index (Phi) is 4.28. The maximum Gasteiger partial charge on any atom is 0.214 e. The lowest BCUT2D eigenvalue weighted by molar-refractivity contribution is -0.0214. The second kappa shape index (κ2) is 6.95. The van der Waals surface area contributed by atoms with Crippen LogP contribution in [0.15, 0.2) is 65.1 Å². The van der Waals surface area contributed by atoms with E-state index < -0.39 is 6.23 Å². The highest BCUT2D eigenvalue weighted by Crippen LogP contribution is 2.50. The number of para-hydroxylation sites is 1. The Bertz CT molecular complexity index is 1030. The van der Waals surface area contributed by atoms with Gasteiger partial charge in [0.05, 0.1) is 23.2 Å². The molecule has 0 N–H and O–H groups in total. The molecular formula is C22H19FN2O2S. The van der Waals surface area contributed by atoms with E-state index in [1.54, 1.807) is 17.4 Å². The molecule has 6 heteroatoms. The SMILES string of the molecule is CCOc1cccc2c1O[C@@H](c1cccc(F)c1)N1N=C(c3cccs3)C[C@H]21. The van der Waals surface area contributed by atoms with Crippen LogP contribution >= 0.6 is 11.3 Å². The van der Waals surface area contributed by atoms with Crippen LogP contribution in [-0.4, -0.2) is 17.3 Å². The number of rotatable bonds is 4. The third-order valence-electron chi connectivity index (χ3n) is 5.02. The summed E-state index contributed by atoms with van der Waals surface area (Å²) in [6.07, 6.45) is 0.269. The fraction of sp³-hybridized carbons (Fsp3) is 0.227. The smallest absolute Gasteiger partial charge is 0.214 e. The Hall–Kier alpha value is -2.86. The maximum absolute atomic E-state index is 13.9. The van der Waals surface area contributed by atoms with Crippen molar-refractivity contribution in [3.05, 3.63) is 81.8 Å². The molecule has 5 rings (SSSR count). The van der Waals surface area contributed by atoms with Gasteiger partial charge in [-0.3, -0.25) is 0 Å². The van der Waals surface area contributed by atoms with E-state index in [2.05, 4.69) is 17.5 Å². The van der Waals surface area contributed by atoms with Gasteiger partial charge in [0.1, 0.15) is 5.82 Å². The molecular weight excluding hydrogens is 375 g/mol. The third-order valence-corrected chi connectivity index (χ3v) is 5.94. The molecule has 3 heterocycles. The molecule has 2 aliphatic heterocycles. The van der Waals surface area contributed by atoms with Gasteiger partial charge in [-0.2, -0.15) is 5.10 Å². The van der Waals surface area contributed by atoms with Crippen molar-refractivity contribution in [3.8, 4) is 11.5 Å². The number of hydrazone groups is 1. The zero-order valence-corrected chi connectivity index (χ0v) is 16.2. The molecule has 28 heavy (non-hydrogen) atoms. The Balaban J connectivity index is 1.63. The first kappa shape index (κ1) is 17.3. The number of hydrogen-bond donors (Lipinski definition) is 0. The number of benzene rings is 2. The van der Waals surface area contributed by atoms with Gasteiger partial charge in [-0.1, -0.05) is 30.3 Å². The number of thiophene rings is 1. The largest absolute Gasteiger partial charge is 0.490 e. The third kappa shape index (κ3) is 2.85. The molecule has 0 aliphatic carbocycles. The molecule has 0 spiro atoms. The molecule has 2 atom stereocenters. The minimum Gasteiger partial charge on any atom is -0.490 e. The van der Waals surface area contributed by atoms with Crippen LogP contribution < -0.4 is 9.47 Å². The molecule has 2 aliphatic rings. The standard InChI is InChI=1S/C22H19FN2O2S/c1-2-26-19-9-4-8-16-18-13-17(20-10-5-11-28-20)24-25(18)22(27-21(16)19)14-6-3-7-15(23)12-14/h3-12,18,22H,2,13H2,1H3/t18-,22+/m1/s1. The van der Waals surface area contributed by atoms with Crippen LogP contribution in [0.4, 0.5) is 4.39 Å². The van der Waals surface area contributed by atoms with E-state index in [1.807, 2.05) is 36.2 Å². The van der Waals surface area contributed by atoms with Gasteiger partial charge < -0.3 is 9.47 Å². The van der Waals surface area contributed by atoms with E-state index in [4.69, 9.17) is 14.6 Å². The van der Waals surface area contributed by atoms with Gasteiger partial charge in [0, 0.05) is 17.5 Å². The topological polar surface area (TPSA) is 34.1 Å². The number of ether oxygens (including phenoxy) is 2. The van der Waals surface area contributed by atoms with Crippen LogP contribution in [-0.2, 0) is 0 Å². The van der Waals surface area contributed by atoms with Crippen molar-refractivity contribution >= 4 is 17.0 Å². The first-order valence-corrected chi connectivity index (χ1v) is 10.2. The molecule has 2 aromatic carbocycles. The minimum absolute atomic E-state index is 0.0227. The summed E-state index contributed by atoms with van der Waals surface area (Å²) < 4.78 is 26.1. The van der Waals surface area contributed by atoms with Crippen LogP contribution in [0.1, 0.15) is 41.6 Å². The number of nitrogens with zero attached hydrogens (tertiary/aromatic N) is 2. The lowest BCUT2D eigenvalue weighted by Gasteiger charge is -2.38. The summed E-state index contributed by atoms with van der Waals surface area (Å²) in [5, 5.41) is 8.90. The van der Waals surface area contributed by atoms with Crippen molar-refractivity contribution in [2.75, 3.05) is 6.61 Å². The van der Waals surface area contributed by atoms with Crippen LogP contribution in [0.3, 0.4) is 0 Å². The molecule has 3 aromatic rings. The molecule has 1 aromatic heterocycles. The van der Waals surface area contributed by atoms with Crippen LogP contribution in [0, 0.1) is 5.82 Å². The summed E-state index contributed by atoms with van der Waals surface area (Å²) in [4.78, 5) is 1.15. The highest BCUT2D eigenvalue weighted by Gasteiger charge is 2.42. The second-order valence-electron chi connectivity index (χ2n) is 6.76. The van der Waals surface area contributed by atoms with Gasteiger partial charge in [-0.05, 0) is 36.6 Å². The van der Waals surface area contributed by atoms with Crippen LogP contribution in [0.2, 0.25) is 0 Å². The highest BCUT2D eigenvalue weighted by atomic mass is 32.1. The summed E-state index contributed by atoms with van der Waals surface area (Å²) in [7, 11) is 0. The summed E-state index contributed by atoms with van der Waals surface area (Å²) >= 11 is 1.67. The zero-order valence-electron chi connectivity index (χ0n) is 15.3. The second-order valence-corrected chi connectivity index (χ2v) is 7.70. The first-order valence-electron chi connectivity index (χ1n) is 9.32. The van der Waals surface area contributed by atoms with E-state index in [-0.39, 0.29) is 11.9 Å². The zero-order chi connectivity index (χ0) is 19.1. The van der Waals surface area contributed by atoms with Crippen molar-refractivity contribution in [1.82, 2.24) is 5.01 Å². The number of halogens is 1. The summed E-state index contributed by atoms with van der Waals surface area (Å²) in [6, 6.07) is 16.6. The molecule has 0 bridgehead atoms. The van der Waals surface area contributed by atoms with Gasteiger partial charge in [0.2, 0.25) is 6.23 Å². The van der Waals surface area contributed by atoms with E-state index in [1.165, 1.54) is 12.1 Å². The molecule has 0 saturated heterocycles. The van der Waals surface area contributed by atoms with Crippen molar-refractivity contribution in [3.63, 3.8) is 0 Å². The Morgan fingerprint density at radius 2 is 2.11 bits per heavy atom. The fourth-order valence-electron chi connectivity index (χ4n) is 3.82. The predicted molar refractivity (Wildman–Crippen MR) is 107 cm³/mol. The monoisotopic (exact) mass is 394 g/mol. The van der Waals surface area contributed by atoms with Gasteiger partial charge in [-0.15, -0.1) is 11.3 Å². The van der Waals surface area contributed by atoms with Crippen molar-refractivity contribution < 1.29 is 13.9 Å². The number of fused-ring (bicyclic) bond motifs is 3. The average molecular weight is 394 g/mol. The molecule has 0 unspecified atom stereocenters. The van der Waals surface area contributed by atoms with E-state index in [0.29, 0.717) is 12.4 Å². The van der Waals surface area contributed by atoms with Gasteiger partial charge >= 0.3 is 0 Å². The van der Waals surface area contributed by atoms with Crippen molar-refractivity contribution in [2.24, 2.45) is 5.10 Å². The summed E-state index contributed by atoms with van der Waals surface area (Å²) in [5.74, 6) is 1.15. The molecule has 0 radical (unpaired) electrons. The molecule has 0 fully saturated rings. The van der Waals surface area contributed by atoms with Gasteiger partial charge in [0.15, 0.2) is 11.5 Å². The average Bonchev–Trinajstić information content (AvgIpc) is 3.38. The Morgan fingerprint density at radius 3 is 2.89 bits per heavy atom. The van der Waals surface area contributed by atoms with Gasteiger partial charge in [-0.25, -0.2) is 9.40 Å². The van der Waals surface area contributed by atoms with E-state index >= 15 is 0 Å². The van der Waals surface area contributed by atoms with E-state index in [9.17, 15) is 4.39 Å². The van der Waals surface area contributed by atoms with E-state index in [0.717, 1.165) is 33.9 Å². The molecule has 0 saturated carbocycles. The normalized spacial score (nSPS) is 20.2. The summed E-state index contributed by atoms with van der Waals surface area (Å²) in [6.45, 7) is 2.50. The lowest BCUT2D eigenvalue weighted by atomic mass is 9.97. The lowest BCUT2D eigenvalue weighted by Crippen LogP contribution is -2.34. The summed E-state index contributed by atoms with van der Waals surface area (Å²) in [5.41, 5.74) is 2.81.